The fraction of sp³-hybridized carbons (Fsp3) is 0.867. The summed E-state index contributed by atoms with van der Waals surface area (Å²) in [5.74, 6) is 0.712. The maximum atomic E-state index is 12.3. The van der Waals surface area contributed by atoms with Gasteiger partial charge in [-0.25, -0.2) is 0 Å². The molecule has 5 heteroatoms. The van der Waals surface area contributed by atoms with E-state index in [0.29, 0.717) is 5.92 Å². The third-order valence-electron chi connectivity index (χ3n) is 4.28. The Morgan fingerprint density at radius 2 is 1.80 bits per heavy atom. The van der Waals surface area contributed by atoms with Gasteiger partial charge in [0, 0.05) is 32.7 Å². The SMILES string of the molecule is CC(C)CCNC(=O)C1CC1C(=O)N1CCN(C)CC1. The van der Waals surface area contributed by atoms with Crippen LogP contribution in [0, 0.1) is 17.8 Å². The molecule has 20 heavy (non-hydrogen) atoms. The summed E-state index contributed by atoms with van der Waals surface area (Å²) in [6.45, 7) is 8.48. The third-order valence-corrected chi connectivity index (χ3v) is 4.28. The maximum Gasteiger partial charge on any atom is 0.226 e. The molecule has 2 atom stereocenters. The summed E-state index contributed by atoms with van der Waals surface area (Å²) in [6.07, 6.45) is 1.73. The number of likely N-dealkylation sites (N-methyl/N-ethyl adjacent to an activating group) is 1. The fourth-order valence-corrected chi connectivity index (χ4v) is 2.63. The Labute approximate surface area is 121 Å². The quantitative estimate of drug-likeness (QED) is 0.801. The molecule has 2 fully saturated rings. The van der Waals surface area contributed by atoms with E-state index in [4.69, 9.17) is 0 Å². The van der Waals surface area contributed by atoms with Gasteiger partial charge in [0.1, 0.15) is 0 Å². The van der Waals surface area contributed by atoms with E-state index >= 15 is 0 Å². The molecule has 114 valence electrons. The smallest absolute Gasteiger partial charge is 0.226 e. The van der Waals surface area contributed by atoms with Gasteiger partial charge in [0.2, 0.25) is 11.8 Å². The van der Waals surface area contributed by atoms with Gasteiger partial charge in [-0.05, 0) is 25.8 Å². The lowest BCUT2D eigenvalue weighted by atomic mass is 10.1. The molecular weight excluding hydrogens is 254 g/mol. The number of nitrogens with one attached hydrogen (secondary N) is 1. The molecule has 0 bridgehead atoms. The number of carbonyl (C=O) groups excluding carboxylic acids is 2. The van der Waals surface area contributed by atoms with E-state index in [0.717, 1.165) is 45.6 Å². The Bertz CT molecular complexity index is 362. The summed E-state index contributed by atoms with van der Waals surface area (Å²) in [4.78, 5) is 28.4. The minimum atomic E-state index is -0.0747. The van der Waals surface area contributed by atoms with Crippen molar-refractivity contribution in [3.63, 3.8) is 0 Å². The molecule has 0 aromatic rings. The second kappa shape index (κ2) is 6.57. The van der Waals surface area contributed by atoms with Crippen LogP contribution in [0.25, 0.3) is 0 Å². The first kappa shape index (κ1) is 15.3. The van der Waals surface area contributed by atoms with Crippen LogP contribution >= 0.6 is 0 Å². The van der Waals surface area contributed by atoms with E-state index in [1.165, 1.54) is 0 Å². The first-order chi connectivity index (χ1) is 9.49. The summed E-state index contributed by atoms with van der Waals surface area (Å²) in [5, 5.41) is 2.95. The van der Waals surface area contributed by atoms with Crippen LogP contribution in [0.4, 0.5) is 0 Å². The molecule has 2 amide bonds. The summed E-state index contributed by atoms with van der Waals surface area (Å²) in [7, 11) is 2.07. The van der Waals surface area contributed by atoms with Crippen LogP contribution in [-0.2, 0) is 9.59 Å². The van der Waals surface area contributed by atoms with Crippen LogP contribution in [-0.4, -0.2) is 61.4 Å². The highest BCUT2D eigenvalue weighted by Crippen LogP contribution is 2.40. The maximum absolute atomic E-state index is 12.3. The van der Waals surface area contributed by atoms with Crippen molar-refractivity contribution in [1.82, 2.24) is 15.1 Å². The Morgan fingerprint density at radius 1 is 1.15 bits per heavy atom. The van der Waals surface area contributed by atoms with Gasteiger partial charge in [0.25, 0.3) is 0 Å². The number of piperazine rings is 1. The summed E-state index contributed by atoms with van der Waals surface area (Å²) >= 11 is 0. The topological polar surface area (TPSA) is 52.7 Å². The minimum absolute atomic E-state index is 0.0579. The van der Waals surface area contributed by atoms with Crippen LogP contribution in [0.2, 0.25) is 0 Å². The van der Waals surface area contributed by atoms with E-state index in [2.05, 4.69) is 31.1 Å². The average Bonchev–Trinajstić information content (AvgIpc) is 3.18. The third kappa shape index (κ3) is 3.95. The highest BCUT2D eigenvalue weighted by molar-refractivity contribution is 5.92. The van der Waals surface area contributed by atoms with E-state index in [1.54, 1.807) is 0 Å². The lowest BCUT2D eigenvalue weighted by molar-refractivity contribution is -0.136. The monoisotopic (exact) mass is 281 g/mol. The molecule has 2 aliphatic rings. The van der Waals surface area contributed by atoms with Crippen LogP contribution in [0.5, 0.6) is 0 Å². The van der Waals surface area contributed by atoms with Gasteiger partial charge in [-0.1, -0.05) is 13.8 Å². The zero-order valence-electron chi connectivity index (χ0n) is 12.9. The number of rotatable bonds is 5. The van der Waals surface area contributed by atoms with Crippen LogP contribution < -0.4 is 5.32 Å². The van der Waals surface area contributed by atoms with Gasteiger partial charge in [-0.15, -0.1) is 0 Å². The molecule has 1 saturated carbocycles. The molecule has 1 heterocycles. The molecule has 0 spiro atoms. The Morgan fingerprint density at radius 3 is 2.40 bits per heavy atom. The number of hydrogen-bond acceptors (Lipinski definition) is 3. The number of carbonyl (C=O) groups is 2. The Kier molecular flexibility index (Phi) is 5.02. The van der Waals surface area contributed by atoms with Crippen LogP contribution in [0.15, 0.2) is 0 Å². The van der Waals surface area contributed by atoms with Gasteiger partial charge < -0.3 is 15.1 Å². The molecule has 2 rings (SSSR count). The van der Waals surface area contributed by atoms with Crippen LogP contribution in [0.3, 0.4) is 0 Å². The van der Waals surface area contributed by atoms with Gasteiger partial charge in [0.05, 0.1) is 11.8 Å². The molecule has 0 radical (unpaired) electrons. The normalized spacial score (nSPS) is 26.7. The molecule has 1 aliphatic carbocycles. The second-order valence-electron chi connectivity index (χ2n) is 6.55. The van der Waals surface area contributed by atoms with Crippen molar-refractivity contribution in [3.8, 4) is 0 Å². The molecule has 1 aliphatic heterocycles. The molecule has 0 aromatic heterocycles. The second-order valence-corrected chi connectivity index (χ2v) is 6.55. The summed E-state index contributed by atoms with van der Waals surface area (Å²) in [6, 6.07) is 0. The number of amides is 2. The minimum Gasteiger partial charge on any atom is -0.356 e. The molecule has 2 unspecified atom stereocenters. The number of nitrogens with zero attached hydrogens (tertiary/aromatic N) is 2. The van der Waals surface area contributed by atoms with E-state index in [9.17, 15) is 9.59 Å². The average molecular weight is 281 g/mol. The zero-order valence-corrected chi connectivity index (χ0v) is 12.9. The standard InChI is InChI=1S/C15H27N3O2/c1-11(2)4-5-16-14(19)12-10-13(12)15(20)18-8-6-17(3)7-9-18/h11-13H,4-10H2,1-3H3,(H,16,19). The van der Waals surface area contributed by atoms with Crippen molar-refractivity contribution in [1.29, 1.82) is 0 Å². The lowest BCUT2D eigenvalue weighted by Gasteiger charge is -2.32. The molecule has 1 N–H and O–H groups in total. The molecular formula is C15H27N3O2. The van der Waals surface area contributed by atoms with Gasteiger partial charge in [-0.2, -0.15) is 0 Å². The molecule has 0 aromatic carbocycles. The zero-order chi connectivity index (χ0) is 14.7. The highest BCUT2D eigenvalue weighted by Gasteiger charge is 2.49. The Balaban J connectivity index is 1.71. The van der Waals surface area contributed by atoms with Gasteiger partial charge >= 0.3 is 0 Å². The van der Waals surface area contributed by atoms with Crippen molar-refractivity contribution < 1.29 is 9.59 Å². The van der Waals surface area contributed by atoms with Crippen molar-refractivity contribution in [2.45, 2.75) is 26.7 Å². The largest absolute Gasteiger partial charge is 0.356 e. The Hall–Kier alpha value is -1.10. The molecule has 5 nitrogen and oxygen atoms in total. The first-order valence-corrected chi connectivity index (χ1v) is 7.74. The fourth-order valence-electron chi connectivity index (χ4n) is 2.63. The highest BCUT2D eigenvalue weighted by atomic mass is 16.2. The predicted octanol–water partition coefficient (Wildman–Crippen LogP) is 0.559. The predicted molar refractivity (Wildman–Crippen MR) is 78.1 cm³/mol. The van der Waals surface area contributed by atoms with E-state index < -0.39 is 0 Å². The summed E-state index contributed by atoms with van der Waals surface area (Å²) in [5.41, 5.74) is 0. The first-order valence-electron chi connectivity index (χ1n) is 7.74. The van der Waals surface area contributed by atoms with Crippen molar-refractivity contribution in [2.75, 3.05) is 39.8 Å². The summed E-state index contributed by atoms with van der Waals surface area (Å²) < 4.78 is 0. The van der Waals surface area contributed by atoms with Crippen LogP contribution in [0.1, 0.15) is 26.7 Å². The number of hydrogen-bond donors (Lipinski definition) is 1. The lowest BCUT2D eigenvalue weighted by Crippen LogP contribution is -2.48. The molecule has 1 saturated heterocycles. The van der Waals surface area contributed by atoms with Crippen molar-refractivity contribution in [3.05, 3.63) is 0 Å². The van der Waals surface area contributed by atoms with Crippen molar-refractivity contribution >= 4 is 11.8 Å². The van der Waals surface area contributed by atoms with E-state index in [1.807, 2.05) is 4.90 Å². The van der Waals surface area contributed by atoms with E-state index in [-0.39, 0.29) is 23.7 Å². The van der Waals surface area contributed by atoms with Gasteiger partial charge in [0.15, 0.2) is 0 Å². The van der Waals surface area contributed by atoms with Gasteiger partial charge in [-0.3, -0.25) is 9.59 Å². The van der Waals surface area contributed by atoms with Crippen molar-refractivity contribution in [2.24, 2.45) is 17.8 Å².